The summed E-state index contributed by atoms with van der Waals surface area (Å²) in [6.45, 7) is 4.24. The lowest BCUT2D eigenvalue weighted by molar-refractivity contribution is -0.116. The monoisotopic (exact) mass is 285 g/mol. The van der Waals surface area contributed by atoms with Gasteiger partial charge in [-0.1, -0.05) is 25.4 Å². The van der Waals surface area contributed by atoms with Gasteiger partial charge in [0, 0.05) is 6.54 Å². The fourth-order valence-corrected chi connectivity index (χ4v) is 1.83. The van der Waals surface area contributed by atoms with Crippen molar-refractivity contribution in [3.8, 4) is 0 Å². The average Bonchev–Trinajstić information content (AvgIpc) is 2.26. The molecule has 1 amide bonds. The van der Waals surface area contributed by atoms with Crippen molar-refractivity contribution >= 4 is 29.3 Å². The molecule has 0 aromatic carbocycles. The summed E-state index contributed by atoms with van der Waals surface area (Å²) in [7, 11) is 0. The van der Waals surface area contributed by atoms with Crippen LogP contribution in [-0.2, 0) is 4.79 Å². The average molecular weight is 286 g/mol. The normalized spacial score (nSPS) is 10.5. The number of amides is 1. The summed E-state index contributed by atoms with van der Waals surface area (Å²) in [5, 5.41) is 9.31. The van der Waals surface area contributed by atoms with Crippen LogP contribution in [0.1, 0.15) is 24.2 Å². The van der Waals surface area contributed by atoms with Crippen LogP contribution < -0.4 is 10.6 Å². The van der Waals surface area contributed by atoms with Crippen LogP contribution in [-0.4, -0.2) is 35.1 Å². The highest BCUT2D eigenvalue weighted by molar-refractivity contribution is 6.29. The number of carbonyl (C=O) groups is 2. The minimum Gasteiger partial charge on any atom is -0.478 e. The molecule has 0 radical (unpaired) electrons. The predicted molar refractivity (Wildman–Crippen MR) is 72.5 cm³/mol. The first kappa shape index (κ1) is 15.2. The second-order valence-electron chi connectivity index (χ2n) is 4.55. The first-order valence-corrected chi connectivity index (χ1v) is 6.12. The second-order valence-corrected chi connectivity index (χ2v) is 4.94. The van der Waals surface area contributed by atoms with Crippen molar-refractivity contribution in [2.45, 2.75) is 13.8 Å². The SMILES string of the molecule is CC(C)CN(CC(N)=O)c1nc(Cl)ccc1C(=O)O. The summed E-state index contributed by atoms with van der Waals surface area (Å²) >= 11 is 5.79. The van der Waals surface area contributed by atoms with Crippen molar-refractivity contribution in [3.63, 3.8) is 0 Å². The van der Waals surface area contributed by atoms with Gasteiger partial charge in [0.2, 0.25) is 5.91 Å². The Morgan fingerprint density at radius 2 is 2.11 bits per heavy atom. The van der Waals surface area contributed by atoms with E-state index in [1.165, 1.54) is 17.0 Å². The van der Waals surface area contributed by atoms with Crippen molar-refractivity contribution in [1.82, 2.24) is 4.98 Å². The lowest BCUT2D eigenvalue weighted by Crippen LogP contribution is -2.37. The van der Waals surface area contributed by atoms with Gasteiger partial charge in [-0.3, -0.25) is 4.79 Å². The molecule has 7 heteroatoms. The fraction of sp³-hybridized carbons (Fsp3) is 0.417. The fourth-order valence-electron chi connectivity index (χ4n) is 1.69. The number of nitrogens with two attached hydrogens (primary N) is 1. The highest BCUT2D eigenvalue weighted by Crippen LogP contribution is 2.21. The molecule has 0 fully saturated rings. The third-order valence-corrected chi connectivity index (χ3v) is 2.51. The number of rotatable bonds is 6. The number of aromatic carboxylic acids is 1. The van der Waals surface area contributed by atoms with Crippen LogP contribution in [0.5, 0.6) is 0 Å². The van der Waals surface area contributed by atoms with E-state index >= 15 is 0 Å². The molecular weight excluding hydrogens is 270 g/mol. The molecule has 1 aromatic heterocycles. The maximum atomic E-state index is 11.2. The third-order valence-electron chi connectivity index (χ3n) is 2.30. The van der Waals surface area contributed by atoms with Crippen molar-refractivity contribution in [1.29, 1.82) is 0 Å². The zero-order valence-electron chi connectivity index (χ0n) is 10.8. The van der Waals surface area contributed by atoms with Gasteiger partial charge < -0.3 is 15.7 Å². The Balaban J connectivity index is 3.22. The molecule has 19 heavy (non-hydrogen) atoms. The number of carboxylic acids is 1. The minimum absolute atomic E-state index is 0.00806. The van der Waals surface area contributed by atoms with Crippen molar-refractivity contribution in [2.24, 2.45) is 11.7 Å². The number of hydrogen-bond acceptors (Lipinski definition) is 4. The highest BCUT2D eigenvalue weighted by atomic mass is 35.5. The Bertz CT molecular complexity index is 491. The van der Waals surface area contributed by atoms with E-state index in [4.69, 9.17) is 22.4 Å². The summed E-state index contributed by atoms with van der Waals surface area (Å²) in [6, 6.07) is 2.76. The van der Waals surface area contributed by atoms with E-state index in [0.29, 0.717) is 6.54 Å². The molecule has 0 atom stereocenters. The van der Waals surface area contributed by atoms with Crippen LogP contribution in [0.2, 0.25) is 5.15 Å². The number of nitrogens with zero attached hydrogens (tertiary/aromatic N) is 2. The Kier molecular flexibility index (Phi) is 5.11. The summed E-state index contributed by atoms with van der Waals surface area (Å²) in [6.07, 6.45) is 0. The van der Waals surface area contributed by atoms with Gasteiger partial charge in [-0.25, -0.2) is 9.78 Å². The Labute approximate surface area is 116 Å². The number of aromatic nitrogens is 1. The van der Waals surface area contributed by atoms with E-state index in [0.717, 1.165) is 0 Å². The molecule has 0 bridgehead atoms. The summed E-state index contributed by atoms with van der Waals surface area (Å²) in [5.74, 6) is -1.31. The number of hydrogen-bond donors (Lipinski definition) is 2. The first-order valence-electron chi connectivity index (χ1n) is 5.74. The second kappa shape index (κ2) is 6.38. The van der Waals surface area contributed by atoms with E-state index in [9.17, 15) is 9.59 Å². The third kappa shape index (κ3) is 4.40. The van der Waals surface area contributed by atoms with Crippen LogP contribution in [0.4, 0.5) is 5.82 Å². The van der Waals surface area contributed by atoms with Crippen molar-refractivity contribution in [3.05, 3.63) is 22.8 Å². The van der Waals surface area contributed by atoms with Gasteiger partial charge in [0.1, 0.15) is 16.5 Å². The van der Waals surface area contributed by atoms with Crippen LogP contribution in [0, 0.1) is 5.92 Å². The highest BCUT2D eigenvalue weighted by Gasteiger charge is 2.20. The molecule has 0 saturated carbocycles. The van der Waals surface area contributed by atoms with E-state index in [1.807, 2.05) is 13.8 Å². The standard InChI is InChI=1S/C12H16ClN3O3/c1-7(2)5-16(6-10(14)17)11-8(12(18)19)3-4-9(13)15-11/h3-4,7H,5-6H2,1-2H3,(H2,14,17)(H,18,19). The first-order chi connectivity index (χ1) is 8.81. The van der Waals surface area contributed by atoms with E-state index in [-0.39, 0.29) is 29.0 Å². The largest absolute Gasteiger partial charge is 0.478 e. The smallest absolute Gasteiger partial charge is 0.339 e. The van der Waals surface area contributed by atoms with Gasteiger partial charge in [0.25, 0.3) is 0 Å². The van der Waals surface area contributed by atoms with Crippen LogP contribution in [0.25, 0.3) is 0 Å². The molecule has 0 spiro atoms. The molecule has 0 unspecified atom stereocenters. The number of pyridine rings is 1. The summed E-state index contributed by atoms with van der Waals surface area (Å²) in [4.78, 5) is 27.8. The van der Waals surface area contributed by atoms with Gasteiger partial charge in [0.15, 0.2) is 0 Å². The molecule has 6 nitrogen and oxygen atoms in total. The van der Waals surface area contributed by atoms with Crippen molar-refractivity contribution < 1.29 is 14.7 Å². The molecule has 0 aliphatic heterocycles. The Morgan fingerprint density at radius 3 is 2.58 bits per heavy atom. The minimum atomic E-state index is -1.13. The van der Waals surface area contributed by atoms with Gasteiger partial charge in [0.05, 0.1) is 6.54 Å². The lowest BCUT2D eigenvalue weighted by atomic mass is 10.1. The van der Waals surface area contributed by atoms with E-state index in [1.54, 1.807) is 0 Å². The molecule has 1 heterocycles. The molecule has 104 valence electrons. The molecule has 1 rings (SSSR count). The maximum absolute atomic E-state index is 11.2. The van der Waals surface area contributed by atoms with E-state index in [2.05, 4.69) is 4.98 Å². The molecular formula is C12H16ClN3O3. The van der Waals surface area contributed by atoms with Crippen LogP contribution >= 0.6 is 11.6 Å². The van der Waals surface area contributed by atoms with Gasteiger partial charge in [-0.15, -0.1) is 0 Å². The predicted octanol–water partition coefficient (Wildman–Crippen LogP) is 1.38. The quantitative estimate of drug-likeness (QED) is 0.770. The molecule has 0 aliphatic carbocycles. The number of halogens is 1. The topological polar surface area (TPSA) is 96.5 Å². The maximum Gasteiger partial charge on any atom is 0.339 e. The zero-order valence-corrected chi connectivity index (χ0v) is 11.5. The van der Waals surface area contributed by atoms with Gasteiger partial charge >= 0.3 is 5.97 Å². The van der Waals surface area contributed by atoms with Crippen LogP contribution in [0.3, 0.4) is 0 Å². The van der Waals surface area contributed by atoms with Crippen molar-refractivity contribution in [2.75, 3.05) is 18.0 Å². The summed E-state index contributed by atoms with van der Waals surface area (Å²) in [5.41, 5.74) is 5.17. The van der Waals surface area contributed by atoms with Gasteiger partial charge in [-0.05, 0) is 18.1 Å². The zero-order chi connectivity index (χ0) is 14.6. The van der Waals surface area contributed by atoms with Gasteiger partial charge in [-0.2, -0.15) is 0 Å². The number of carbonyl (C=O) groups excluding carboxylic acids is 1. The molecule has 0 aliphatic rings. The number of primary amides is 1. The number of anilines is 1. The molecule has 0 saturated heterocycles. The Hall–Kier alpha value is -1.82. The Morgan fingerprint density at radius 1 is 1.47 bits per heavy atom. The molecule has 1 aromatic rings. The summed E-state index contributed by atoms with van der Waals surface area (Å²) < 4.78 is 0. The van der Waals surface area contributed by atoms with Crippen LogP contribution in [0.15, 0.2) is 12.1 Å². The van der Waals surface area contributed by atoms with E-state index < -0.39 is 11.9 Å². The number of carboxylic acid groups (broad SMARTS) is 1. The molecule has 3 N–H and O–H groups in total. The lowest BCUT2D eigenvalue weighted by Gasteiger charge is -2.25.